The van der Waals surface area contributed by atoms with E-state index in [1.54, 1.807) is 0 Å². The van der Waals surface area contributed by atoms with Gasteiger partial charge in [0.1, 0.15) is 0 Å². The summed E-state index contributed by atoms with van der Waals surface area (Å²) in [6.45, 7) is 0. The number of aromatic carboxylic acids is 1. The van der Waals surface area contributed by atoms with Crippen molar-refractivity contribution in [2.75, 3.05) is 0 Å². The van der Waals surface area contributed by atoms with Crippen LogP contribution in [-0.2, 0) is 6.18 Å². The van der Waals surface area contributed by atoms with Crippen molar-refractivity contribution in [2.24, 2.45) is 0 Å². The van der Waals surface area contributed by atoms with Gasteiger partial charge in [-0.05, 0) is 12.1 Å². The lowest BCUT2D eigenvalue weighted by atomic mass is 10.1. The van der Waals surface area contributed by atoms with Crippen LogP contribution in [0, 0.1) is 0 Å². The van der Waals surface area contributed by atoms with E-state index in [0.717, 1.165) is 24.5 Å². The number of halogens is 3. The Morgan fingerprint density at radius 2 is 1.58 bits per heavy atom. The van der Waals surface area contributed by atoms with Crippen LogP contribution >= 0.6 is 0 Å². The normalized spacial score (nSPS) is 11.3. The molecule has 0 bridgehead atoms. The van der Waals surface area contributed by atoms with Gasteiger partial charge >= 0.3 is 12.1 Å². The van der Waals surface area contributed by atoms with Crippen molar-refractivity contribution in [1.82, 2.24) is 9.97 Å². The quantitative estimate of drug-likeness (QED) is 0.909. The van der Waals surface area contributed by atoms with Crippen molar-refractivity contribution in [1.29, 1.82) is 0 Å². The zero-order valence-corrected chi connectivity index (χ0v) is 9.35. The van der Waals surface area contributed by atoms with Gasteiger partial charge in [0, 0.05) is 18.0 Å². The van der Waals surface area contributed by atoms with Gasteiger partial charge in [0.15, 0.2) is 5.82 Å². The minimum atomic E-state index is -4.40. The second kappa shape index (κ2) is 4.68. The maximum absolute atomic E-state index is 12.4. The monoisotopic (exact) mass is 268 g/mol. The summed E-state index contributed by atoms with van der Waals surface area (Å²) in [6.07, 6.45) is -2.20. The van der Waals surface area contributed by atoms with E-state index in [-0.39, 0.29) is 11.4 Å². The van der Waals surface area contributed by atoms with Gasteiger partial charge in [-0.2, -0.15) is 13.2 Å². The number of nitrogens with zero attached hydrogens (tertiary/aromatic N) is 2. The van der Waals surface area contributed by atoms with Crippen molar-refractivity contribution < 1.29 is 23.1 Å². The molecule has 0 unspecified atom stereocenters. The molecule has 0 aliphatic carbocycles. The fourth-order valence-corrected chi connectivity index (χ4v) is 1.40. The van der Waals surface area contributed by atoms with Crippen LogP contribution < -0.4 is 0 Å². The van der Waals surface area contributed by atoms with Crippen molar-refractivity contribution in [3.8, 4) is 11.4 Å². The molecule has 1 aromatic heterocycles. The number of aromatic nitrogens is 2. The summed E-state index contributed by atoms with van der Waals surface area (Å²) in [7, 11) is 0. The zero-order valence-electron chi connectivity index (χ0n) is 9.35. The summed E-state index contributed by atoms with van der Waals surface area (Å²) in [5.41, 5.74) is -0.473. The van der Waals surface area contributed by atoms with Crippen molar-refractivity contribution >= 4 is 5.97 Å². The molecule has 98 valence electrons. The average molecular weight is 268 g/mol. The van der Waals surface area contributed by atoms with Crippen LogP contribution in [0.1, 0.15) is 15.9 Å². The van der Waals surface area contributed by atoms with E-state index in [2.05, 4.69) is 9.97 Å². The molecule has 0 atom stereocenters. The molecule has 0 spiro atoms. The second-order valence-corrected chi connectivity index (χ2v) is 3.68. The van der Waals surface area contributed by atoms with Crippen LogP contribution in [0.3, 0.4) is 0 Å². The van der Waals surface area contributed by atoms with E-state index in [1.807, 2.05) is 0 Å². The Hall–Kier alpha value is -2.44. The molecule has 0 radical (unpaired) electrons. The molecule has 1 aromatic carbocycles. The van der Waals surface area contributed by atoms with Crippen LogP contribution in [0.15, 0.2) is 36.7 Å². The van der Waals surface area contributed by atoms with Gasteiger partial charge in [-0.1, -0.05) is 12.1 Å². The van der Waals surface area contributed by atoms with Gasteiger partial charge in [-0.25, -0.2) is 14.8 Å². The van der Waals surface area contributed by atoms with Crippen LogP contribution in [0.25, 0.3) is 11.4 Å². The minimum absolute atomic E-state index is 0.0874. The topological polar surface area (TPSA) is 63.1 Å². The van der Waals surface area contributed by atoms with Gasteiger partial charge < -0.3 is 5.11 Å². The number of carbonyl (C=O) groups is 1. The van der Waals surface area contributed by atoms with Crippen LogP contribution in [-0.4, -0.2) is 21.0 Å². The van der Waals surface area contributed by atoms with E-state index < -0.39 is 17.7 Å². The van der Waals surface area contributed by atoms with E-state index in [4.69, 9.17) is 5.11 Å². The highest BCUT2D eigenvalue weighted by molar-refractivity contribution is 5.86. The molecule has 19 heavy (non-hydrogen) atoms. The van der Waals surface area contributed by atoms with Crippen LogP contribution in [0.2, 0.25) is 0 Å². The van der Waals surface area contributed by atoms with Crippen molar-refractivity contribution in [3.63, 3.8) is 0 Å². The third-order valence-corrected chi connectivity index (χ3v) is 2.37. The fraction of sp³-hybridized carbons (Fsp3) is 0.0833. The number of carboxylic acids is 1. The molecular weight excluding hydrogens is 261 g/mol. The molecule has 0 aliphatic heterocycles. The van der Waals surface area contributed by atoms with Gasteiger partial charge in [-0.15, -0.1) is 0 Å². The lowest BCUT2D eigenvalue weighted by molar-refractivity contribution is -0.137. The molecule has 4 nitrogen and oxygen atoms in total. The van der Waals surface area contributed by atoms with Gasteiger partial charge in [0.25, 0.3) is 0 Å². The number of hydrogen-bond acceptors (Lipinski definition) is 3. The molecule has 1 heterocycles. The molecule has 2 aromatic rings. The molecule has 1 N–H and O–H groups in total. The average Bonchev–Trinajstić information content (AvgIpc) is 2.38. The van der Waals surface area contributed by atoms with E-state index in [9.17, 15) is 18.0 Å². The maximum atomic E-state index is 12.4. The smallest absolute Gasteiger partial charge is 0.416 e. The summed E-state index contributed by atoms with van der Waals surface area (Å²) < 4.78 is 37.1. The summed E-state index contributed by atoms with van der Waals surface area (Å²) in [4.78, 5) is 18.2. The Morgan fingerprint density at radius 1 is 1.05 bits per heavy atom. The molecule has 0 saturated heterocycles. The van der Waals surface area contributed by atoms with Gasteiger partial charge in [0.2, 0.25) is 0 Å². The van der Waals surface area contributed by atoms with Gasteiger partial charge in [0.05, 0.1) is 11.1 Å². The van der Waals surface area contributed by atoms with Crippen molar-refractivity contribution in [2.45, 2.75) is 6.18 Å². The Labute approximate surface area is 105 Å². The number of hydrogen-bond donors (Lipinski definition) is 1. The number of carboxylic acid groups (broad SMARTS) is 1. The number of rotatable bonds is 2. The SMILES string of the molecule is O=C(O)c1cnc(-c2ccc(C(F)(F)F)cc2)nc1. The first kappa shape index (κ1) is 13.0. The standard InChI is InChI=1S/C12H7F3N2O2/c13-12(14,15)9-3-1-7(2-4-9)10-16-5-8(6-17-10)11(18)19/h1-6H,(H,18,19). The first-order valence-electron chi connectivity index (χ1n) is 5.11. The first-order valence-corrected chi connectivity index (χ1v) is 5.11. The molecule has 7 heteroatoms. The summed E-state index contributed by atoms with van der Waals surface area (Å²) >= 11 is 0. The molecule has 0 saturated carbocycles. The van der Waals surface area contributed by atoms with Crippen LogP contribution in [0.4, 0.5) is 13.2 Å². The maximum Gasteiger partial charge on any atom is 0.416 e. The summed E-state index contributed by atoms with van der Waals surface area (Å²) in [6, 6.07) is 4.31. The first-order chi connectivity index (χ1) is 8.88. The predicted molar refractivity (Wildman–Crippen MR) is 59.4 cm³/mol. The highest BCUT2D eigenvalue weighted by Gasteiger charge is 2.30. The minimum Gasteiger partial charge on any atom is -0.478 e. The van der Waals surface area contributed by atoms with E-state index >= 15 is 0 Å². The van der Waals surface area contributed by atoms with Crippen LogP contribution in [0.5, 0.6) is 0 Å². The Kier molecular flexibility index (Phi) is 3.20. The molecular formula is C12H7F3N2O2. The Bertz CT molecular complexity index is 592. The van der Waals surface area contributed by atoms with E-state index in [0.29, 0.717) is 5.56 Å². The Balaban J connectivity index is 2.30. The molecule has 0 fully saturated rings. The summed E-state index contributed by atoms with van der Waals surface area (Å²) in [5.74, 6) is -1.00. The molecule has 0 aliphatic rings. The molecule has 0 amide bonds. The summed E-state index contributed by atoms with van der Waals surface area (Å²) in [5, 5.41) is 8.67. The largest absolute Gasteiger partial charge is 0.478 e. The highest BCUT2D eigenvalue weighted by atomic mass is 19.4. The number of alkyl halides is 3. The third-order valence-electron chi connectivity index (χ3n) is 2.37. The fourth-order valence-electron chi connectivity index (χ4n) is 1.40. The van der Waals surface area contributed by atoms with E-state index in [1.165, 1.54) is 12.1 Å². The zero-order chi connectivity index (χ0) is 14.0. The molecule has 2 rings (SSSR count). The lowest BCUT2D eigenvalue weighted by Crippen LogP contribution is -2.04. The van der Waals surface area contributed by atoms with Crippen molar-refractivity contribution in [3.05, 3.63) is 47.8 Å². The second-order valence-electron chi connectivity index (χ2n) is 3.68. The number of benzene rings is 1. The predicted octanol–water partition coefficient (Wildman–Crippen LogP) is 2.86. The lowest BCUT2D eigenvalue weighted by Gasteiger charge is -2.07. The highest BCUT2D eigenvalue weighted by Crippen LogP contribution is 2.30. The van der Waals surface area contributed by atoms with Gasteiger partial charge in [-0.3, -0.25) is 0 Å². The Morgan fingerprint density at radius 3 is 2.00 bits per heavy atom. The third kappa shape index (κ3) is 2.87.